The van der Waals surface area contributed by atoms with Gasteiger partial charge in [-0.1, -0.05) is 0 Å². The lowest BCUT2D eigenvalue weighted by Crippen LogP contribution is -2.25. The molecule has 0 spiro atoms. The Morgan fingerprint density at radius 2 is 2.21 bits per heavy atom. The van der Waals surface area contributed by atoms with Crippen molar-refractivity contribution in [2.75, 3.05) is 26.2 Å². The summed E-state index contributed by atoms with van der Waals surface area (Å²) in [5.74, 6) is -0.915. The molecule has 1 aliphatic rings. The molecule has 1 saturated heterocycles. The van der Waals surface area contributed by atoms with Crippen LogP contribution in [0.4, 0.5) is 0 Å². The van der Waals surface area contributed by atoms with Crippen molar-refractivity contribution < 1.29 is 9.90 Å². The van der Waals surface area contributed by atoms with Crippen LogP contribution in [0.5, 0.6) is 0 Å². The number of carbonyl (C=O) groups is 1. The fourth-order valence-electron chi connectivity index (χ4n) is 2.49. The van der Waals surface area contributed by atoms with E-state index >= 15 is 0 Å². The first kappa shape index (κ1) is 14.0. The van der Waals surface area contributed by atoms with E-state index in [1.807, 2.05) is 0 Å². The Hall–Kier alpha value is -1.40. The molecule has 6 heteroatoms. The number of aromatic carboxylic acids is 1. The van der Waals surface area contributed by atoms with Gasteiger partial charge < -0.3 is 15.3 Å². The SMILES string of the molecule is Cn1ncc(C(=O)O)c1CNCCCN1CCCC1. The van der Waals surface area contributed by atoms with Crippen LogP contribution in [-0.2, 0) is 13.6 Å². The zero-order chi connectivity index (χ0) is 13.7. The van der Waals surface area contributed by atoms with Gasteiger partial charge in [-0.3, -0.25) is 4.68 Å². The predicted octanol–water partition coefficient (Wildman–Crippen LogP) is 0.694. The van der Waals surface area contributed by atoms with Crippen molar-refractivity contribution in [3.8, 4) is 0 Å². The third-order valence-corrected chi connectivity index (χ3v) is 3.61. The second kappa shape index (κ2) is 6.68. The molecule has 1 aromatic heterocycles. The smallest absolute Gasteiger partial charge is 0.339 e. The summed E-state index contributed by atoms with van der Waals surface area (Å²) in [7, 11) is 1.77. The molecule has 0 radical (unpaired) electrons. The first-order valence-electron chi connectivity index (χ1n) is 6.85. The molecular formula is C13H22N4O2. The van der Waals surface area contributed by atoms with Gasteiger partial charge in [-0.2, -0.15) is 5.10 Å². The van der Waals surface area contributed by atoms with E-state index in [1.165, 1.54) is 32.1 Å². The highest BCUT2D eigenvalue weighted by molar-refractivity contribution is 5.88. The minimum Gasteiger partial charge on any atom is -0.478 e. The fraction of sp³-hybridized carbons (Fsp3) is 0.692. The van der Waals surface area contributed by atoms with E-state index in [4.69, 9.17) is 5.11 Å². The van der Waals surface area contributed by atoms with E-state index in [9.17, 15) is 4.79 Å². The van der Waals surface area contributed by atoms with Crippen molar-refractivity contribution in [3.05, 3.63) is 17.5 Å². The molecule has 0 bridgehead atoms. The molecule has 19 heavy (non-hydrogen) atoms. The summed E-state index contributed by atoms with van der Waals surface area (Å²) in [6, 6.07) is 0. The van der Waals surface area contributed by atoms with Gasteiger partial charge in [0.1, 0.15) is 5.56 Å². The minimum atomic E-state index is -0.915. The Bertz CT molecular complexity index is 424. The first-order chi connectivity index (χ1) is 9.18. The van der Waals surface area contributed by atoms with Crippen LogP contribution in [0.25, 0.3) is 0 Å². The molecule has 0 aromatic carbocycles. The van der Waals surface area contributed by atoms with Gasteiger partial charge in [0.15, 0.2) is 0 Å². The Balaban J connectivity index is 1.70. The Labute approximate surface area is 113 Å². The van der Waals surface area contributed by atoms with E-state index in [0.717, 1.165) is 25.2 Å². The van der Waals surface area contributed by atoms with Crippen LogP contribution in [-0.4, -0.2) is 51.9 Å². The van der Waals surface area contributed by atoms with E-state index in [1.54, 1.807) is 11.7 Å². The molecule has 1 aromatic rings. The molecule has 0 aliphatic carbocycles. The molecule has 2 N–H and O–H groups in total. The fourth-order valence-corrected chi connectivity index (χ4v) is 2.49. The average molecular weight is 266 g/mol. The summed E-state index contributed by atoms with van der Waals surface area (Å²) in [5, 5.41) is 16.3. The maximum Gasteiger partial charge on any atom is 0.339 e. The lowest BCUT2D eigenvalue weighted by molar-refractivity contribution is 0.0695. The average Bonchev–Trinajstić information content (AvgIpc) is 2.99. The monoisotopic (exact) mass is 266 g/mol. The van der Waals surface area contributed by atoms with Crippen molar-refractivity contribution in [2.24, 2.45) is 7.05 Å². The van der Waals surface area contributed by atoms with Gasteiger partial charge in [-0.25, -0.2) is 4.79 Å². The van der Waals surface area contributed by atoms with Gasteiger partial charge in [0.05, 0.1) is 11.9 Å². The summed E-state index contributed by atoms with van der Waals surface area (Å²) < 4.78 is 1.62. The van der Waals surface area contributed by atoms with Gasteiger partial charge >= 0.3 is 5.97 Å². The standard InChI is InChI=1S/C13H22N4O2/c1-16-12(11(9-15-16)13(18)19)10-14-5-4-8-17-6-2-3-7-17/h9,14H,2-8,10H2,1H3,(H,18,19). The highest BCUT2D eigenvalue weighted by Gasteiger charge is 2.14. The zero-order valence-electron chi connectivity index (χ0n) is 11.4. The van der Waals surface area contributed by atoms with Crippen molar-refractivity contribution in [1.82, 2.24) is 20.0 Å². The number of nitrogens with zero attached hydrogens (tertiary/aromatic N) is 3. The van der Waals surface area contributed by atoms with Gasteiger partial charge in [-0.05, 0) is 45.4 Å². The molecule has 6 nitrogen and oxygen atoms in total. The largest absolute Gasteiger partial charge is 0.478 e. The van der Waals surface area contributed by atoms with Crippen molar-refractivity contribution in [3.63, 3.8) is 0 Å². The summed E-state index contributed by atoms with van der Waals surface area (Å²) in [6.07, 6.45) is 5.15. The van der Waals surface area contributed by atoms with E-state index < -0.39 is 5.97 Å². The highest BCUT2D eigenvalue weighted by atomic mass is 16.4. The van der Waals surface area contributed by atoms with Crippen LogP contribution in [0, 0.1) is 0 Å². The Kier molecular flexibility index (Phi) is 4.93. The minimum absolute atomic E-state index is 0.287. The third-order valence-electron chi connectivity index (χ3n) is 3.61. The molecule has 0 atom stereocenters. The maximum absolute atomic E-state index is 11.0. The maximum atomic E-state index is 11.0. The van der Waals surface area contributed by atoms with E-state index in [2.05, 4.69) is 15.3 Å². The number of aryl methyl sites for hydroxylation is 1. The number of carboxylic acid groups (broad SMARTS) is 1. The highest BCUT2D eigenvalue weighted by Crippen LogP contribution is 2.08. The normalized spacial score (nSPS) is 16.1. The summed E-state index contributed by atoms with van der Waals surface area (Å²) in [6.45, 7) is 5.04. The van der Waals surface area contributed by atoms with Crippen LogP contribution in [0.15, 0.2) is 6.20 Å². The molecule has 0 amide bonds. The first-order valence-corrected chi connectivity index (χ1v) is 6.85. The number of likely N-dealkylation sites (tertiary alicyclic amines) is 1. The Morgan fingerprint density at radius 1 is 1.47 bits per heavy atom. The van der Waals surface area contributed by atoms with E-state index in [0.29, 0.717) is 6.54 Å². The summed E-state index contributed by atoms with van der Waals surface area (Å²) in [4.78, 5) is 13.5. The number of aromatic nitrogens is 2. The molecule has 1 aliphatic heterocycles. The van der Waals surface area contributed by atoms with E-state index in [-0.39, 0.29) is 5.56 Å². The Morgan fingerprint density at radius 3 is 2.89 bits per heavy atom. The number of carboxylic acids is 1. The summed E-state index contributed by atoms with van der Waals surface area (Å²) in [5.41, 5.74) is 1.02. The number of rotatable bonds is 7. The quantitative estimate of drug-likeness (QED) is 0.711. The van der Waals surface area contributed by atoms with Gasteiger partial charge in [-0.15, -0.1) is 0 Å². The lowest BCUT2D eigenvalue weighted by Gasteiger charge is -2.14. The molecular weight excluding hydrogens is 244 g/mol. The molecule has 106 valence electrons. The second-order valence-corrected chi connectivity index (χ2v) is 5.01. The van der Waals surface area contributed by atoms with Crippen LogP contribution >= 0.6 is 0 Å². The van der Waals surface area contributed by atoms with Crippen molar-refractivity contribution in [1.29, 1.82) is 0 Å². The van der Waals surface area contributed by atoms with Gasteiger partial charge in [0.2, 0.25) is 0 Å². The zero-order valence-corrected chi connectivity index (χ0v) is 11.4. The molecule has 1 fully saturated rings. The number of hydrogen-bond donors (Lipinski definition) is 2. The number of hydrogen-bond acceptors (Lipinski definition) is 4. The summed E-state index contributed by atoms with van der Waals surface area (Å²) >= 11 is 0. The van der Waals surface area contributed by atoms with Crippen molar-refractivity contribution >= 4 is 5.97 Å². The third kappa shape index (κ3) is 3.78. The molecule has 2 rings (SSSR count). The molecule has 2 heterocycles. The van der Waals surface area contributed by atoms with Crippen molar-refractivity contribution in [2.45, 2.75) is 25.8 Å². The van der Waals surface area contributed by atoms with Crippen LogP contribution in [0.1, 0.15) is 35.3 Å². The van der Waals surface area contributed by atoms with Gasteiger partial charge in [0.25, 0.3) is 0 Å². The lowest BCUT2D eigenvalue weighted by atomic mass is 10.2. The van der Waals surface area contributed by atoms with Crippen LogP contribution < -0.4 is 5.32 Å². The second-order valence-electron chi connectivity index (χ2n) is 5.01. The molecule has 0 saturated carbocycles. The predicted molar refractivity (Wildman–Crippen MR) is 72.2 cm³/mol. The topological polar surface area (TPSA) is 70.4 Å². The van der Waals surface area contributed by atoms with Crippen LogP contribution in [0.3, 0.4) is 0 Å². The van der Waals surface area contributed by atoms with Crippen LogP contribution in [0.2, 0.25) is 0 Å². The molecule has 0 unspecified atom stereocenters. The van der Waals surface area contributed by atoms with Gasteiger partial charge in [0, 0.05) is 13.6 Å². The number of nitrogens with one attached hydrogen (secondary N) is 1.